The van der Waals surface area contributed by atoms with Crippen LogP contribution >= 0.6 is 0 Å². The van der Waals surface area contributed by atoms with Crippen molar-refractivity contribution >= 4 is 5.91 Å². The van der Waals surface area contributed by atoms with E-state index in [0.717, 1.165) is 18.6 Å². The Balaban J connectivity index is 1.81. The number of benzene rings is 2. The van der Waals surface area contributed by atoms with Crippen molar-refractivity contribution < 1.29 is 9.53 Å². The van der Waals surface area contributed by atoms with Crippen LogP contribution in [0.2, 0.25) is 0 Å². The molecule has 2 aromatic rings. The Labute approximate surface area is 137 Å². The van der Waals surface area contributed by atoms with E-state index in [-0.39, 0.29) is 11.3 Å². The highest BCUT2D eigenvalue weighted by molar-refractivity contribution is 5.94. The monoisotopic (exact) mass is 309 g/mol. The van der Waals surface area contributed by atoms with Gasteiger partial charge in [0.2, 0.25) is 0 Å². The third-order valence-electron chi connectivity index (χ3n) is 4.86. The molecule has 0 radical (unpaired) electrons. The summed E-state index contributed by atoms with van der Waals surface area (Å²) in [6.45, 7) is 0.654. The number of para-hydroxylation sites is 1. The molecule has 1 saturated carbocycles. The number of amides is 1. The molecule has 3 heteroatoms. The van der Waals surface area contributed by atoms with Crippen molar-refractivity contribution in [1.29, 1.82) is 0 Å². The Kier molecular flexibility index (Phi) is 4.65. The highest BCUT2D eigenvalue weighted by Gasteiger charge is 2.38. The number of carbonyl (C=O) groups excluding carboxylic acids is 1. The average Bonchev–Trinajstić information content (AvgIpc) is 3.10. The minimum atomic E-state index is -0.0168. The Morgan fingerprint density at radius 3 is 2.39 bits per heavy atom. The van der Waals surface area contributed by atoms with E-state index in [4.69, 9.17) is 4.74 Å². The summed E-state index contributed by atoms with van der Waals surface area (Å²) in [5, 5.41) is 3.14. The lowest BCUT2D eigenvalue weighted by Gasteiger charge is -2.31. The van der Waals surface area contributed by atoms with Gasteiger partial charge in [-0.05, 0) is 31.0 Å². The van der Waals surface area contributed by atoms with Gasteiger partial charge in [0, 0.05) is 23.1 Å². The predicted octanol–water partition coefficient (Wildman–Crippen LogP) is 3.94. The van der Waals surface area contributed by atoms with Crippen molar-refractivity contribution in [3.63, 3.8) is 0 Å². The van der Waals surface area contributed by atoms with E-state index in [2.05, 4.69) is 17.4 Å². The molecule has 23 heavy (non-hydrogen) atoms. The van der Waals surface area contributed by atoms with Crippen LogP contribution in [0.1, 0.15) is 41.6 Å². The molecule has 0 atom stereocenters. The largest absolute Gasteiger partial charge is 0.496 e. The van der Waals surface area contributed by atoms with Crippen LogP contribution in [0, 0.1) is 0 Å². The molecule has 1 aliphatic rings. The summed E-state index contributed by atoms with van der Waals surface area (Å²) in [7, 11) is 1.71. The second-order valence-corrected chi connectivity index (χ2v) is 6.24. The minimum Gasteiger partial charge on any atom is -0.496 e. The zero-order valence-corrected chi connectivity index (χ0v) is 13.5. The Morgan fingerprint density at radius 2 is 1.70 bits per heavy atom. The van der Waals surface area contributed by atoms with Gasteiger partial charge in [-0.25, -0.2) is 0 Å². The van der Waals surface area contributed by atoms with Crippen LogP contribution in [0.4, 0.5) is 0 Å². The van der Waals surface area contributed by atoms with Crippen LogP contribution in [0.15, 0.2) is 54.6 Å². The second kappa shape index (κ2) is 6.86. The van der Waals surface area contributed by atoms with E-state index in [0.29, 0.717) is 12.1 Å². The fraction of sp³-hybridized carbons (Fsp3) is 0.350. The van der Waals surface area contributed by atoms with E-state index in [1.165, 1.54) is 18.4 Å². The zero-order valence-electron chi connectivity index (χ0n) is 13.5. The Morgan fingerprint density at radius 1 is 1.04 bits per heavy atom. The quantitative estimate of drug-likeness (QED) is 0.908. The molecule has 0 spiro atoms. The lowest BCUT2D eigenvalue weighted by Crippen LogP contribution is -2.39. The van der Waals surface area contributed by atoms with Crippen molar-refractivity contribution in [1.82, 2.24) is 5.32 Å². The van der Waals surface area contributed by atoms with Crippen molar-refractivity contribution in [3.8, 4) is 5.75 Å². The molecule has 0 saturated heterocycles. The third-order valence-corrected chi connectivity index (χ3v) is 4.86. The highest BCUT2D eigenvalue weighted by Crippen LogP contribution is 2.44. The van der Waals surface area contributed by atoms with Gasteiger partial charge in [0.1, 0.15) is 5.75 Å². The van der Waals surface area contributed by atoms with Crippen LogP contribution in [0.25, 0.3) is 0 Å². The molecule has 1 fully saturated rings. The number of ether oxygens (including phenoxy) is 1. The Bertz CT molecular complexity index is 660. The molecule has 0 bridgehead atoms. The van der Waals surface area contributed by atoms with Gasteiger partial charge in [-0.2, -0.15) is 0 Å². The van der Waals surface area contributed by atoms with Gasteiger partial charge < -0.3 is 10.1 Å². The first-order valence-electron chi connectivity index (χ1n) is 8.22. The molecule has 0 aromatic heterocycles. The lowest BCUT2D eigenvalue weighted by molar-refractivity contribution is 0.0942. The fourth-order valence-electron chi connectivity index (χ4n) is 3.62. The van der Waals surface area contributed by atoms with Crippen LogP contribution in [0.5, 0.6) is 5.75 Å². The predicted molar refractivity (Wildman–Crippen MR) is 91.9 cm³/mol. The van der Waals surface area contributed by atoms with Gasteiger partial charge in [-0.3, -0.25) is 4.79 Å². The maximum atomic E-state index is 12.4. The number of nitrogens with one attached hydrogen (secondary N) is 1. The summed E-state index contributed by atoms with van der Waals surface area (Å²) < 4.78 is 5.56. The van der Waals surface area contributed by atoms with E-state index in [1.807, 2.05) is 42.5 Å². The normalized spacial score (nSPS) is 16.0. The summed E-state index contributed by atoms with van der Waals surface area (Å²) in [4.78, 5) is 12.4. The minimum absolute atomic E-state index is 0.00762. The number of hydrogen-bond donors (Lipinski definition) is 1. The van der Waals surface area contributed by atoms with E-state index in [1.54, 1.807) is 7.11 Å². The molecule has 3 rings (SSSR count). The van der Waals surface area contributed by atoms with Crippen molar-refractivity contribution in [2.45, 2.75) is 31.1 Å². The topological polar surface area (TPSA) is 38.3 Å². The average molecular weight is 309 g/mol. The first-order valence-corrected chi connectivity index (χ1v) is 8.22. The fourth-order valence-corrected chi connectivity index (χ4v) is 3.62. The third kappa shape index (κ3) is 3.24. The number of hydrogen-bond acceptors (Lipinski definition) is 2. The molecular formula is C20H23NO2. The first-order chi connectivity index (χ1) is 11.2. The van der Waals surface area contributed by atoms with Crippen LogP contribution in [-0.4, -0.2) is 19.6 Å². The molecular weight excluding hydrogens is 286 g/mol. The van der Waals surface area contributed by atoms with Gasteiger partial charge in [0.05, 0.1) is 7.11 Å². The molecule has 1 aliphatic carbocycles. The summed E-state index contributed by atoms with van der Waals surface area (Å²) >= 11 is 0. The smallest absolute Gasteiger partial charge is 0.251 e. The maximum Gasteiger partial charge on any atom is 0.251 e. The number of carbonyl (C=O) groups is 1. The van der Waals surface area contributed by atoms with Crippen molar-refractivity contribution in [2.75, 3.05) is 13.7 Å². The van der Waals surface area contributed by atoms with Gasteiger partial charge >= 0.3 is 0 Å². The molecule has 120 valence electrons. The van der Waals surface area contributed by atoms with Gasteiger partial charge in [-0.15, -0.1) is 0 Å². The molecule has 2 aromatic carbocycles. The second-order valence-electron chi connectivity index (χ2n) is 6.24. The van der Waals surface area contributed by atoms with Gasteiger partial charge in [-0.1, -0.05) is 49.2 Å². The van der Waals surface area contributed by atoms with E-state index >= 15 is 0 Å². The maximum absolute atomic E-state index is 12.4. The summed E-state index contributed by atoms with van der Waals surface area (Å²) in [6.07, 6.45) is 4.56. The molecule has 0 aliphatic heterocycles. The standard InChI is InChI=1S/C20H23NO2/c1-23-18-12-6-5-11-17(18)20(13-7-8-14-20)15-21-19(22)16-9-3-2-4-10-16/h2-6,9-12H,7-8,13-15H2,1H3,(H,21,22). The van der Waals surface area contributed by atoms with Gasteiger partial charge in [0.25, 0.3) is 5.91 Å². The number of rotatable bonds is 5. The van der Waals surface area contributed by atoms with Crippen LogP contribution < -0.4 is 10.1 Å². The van der Waals surface area contributed by atoms with Crippen molar-refractivity contribution in [3.05, 3.63) is 65.7 Å². The molecule has 3 nitrogen and oxygen atoms in total. The molecule has 1 amide bonds. The van der Waals surface area contributed by atoms with E-state index < -0.39 is 0 Å². The summed E-state index contributed by atoms with van der Waals surface area (Å²) in [5.74, 6) is 0.912. The lowest BCUT2D eigenvalue weighted by atomic mass is 9.78. The van der Waals surface area contributed by atoms with Crippen molar-refractivity contribution in [2.24, 2.45) is 0 Å². The van der Waals surface area contributed by atoms with Gasteiger partial charge in [0.15, 0.2) is 0 Å². The summed E-state index contributed by atoms with van der Waals surface area (Å²) in [6, 6.07) is 17.6. The molecule has 1 N–H and O–H groups in total. The summed E-state index contributed by atoms with van der Waals surface area (Å²) in [5.41, 5.74) is 1.91. The molecule has 0 heterocycles. The SMILES string of the molecule is COc1ccccc1C1(CNC(=O)c2ccccc2)CCCC1. The van der Waals surface area contributed by atoms with Crippen LogP contribution in [-0.2, 0) is 5.41 Å². The van der Waals surface area contributed by atoms with E-state index in [9.17, 15) is 4.79 Å². The highest BCUT2D eigenvalue weighted by atomic mass is 16.5. The Hall–Kier alpha value is -2.29. The number of methoxy groups -OCH3 is 1. The zero-order chi connectivity index (χ0) is 16.1. The van der Waals surface area contributed by atoms with Crippen LogP contribution in [0.3, 0.4) is 0 Å². The molecule has 0 unspecified atom stereocenters. The first kappa shape index (κ1) is 15.6.